The molecule has 94 valence electrons. The van der Waals surface area contributed by atoms with Crippen molar-refractivity contribution < 1.29 is 18.6 Å². The highest BCUT2D eigenvalue weighted by atomic mass is 19.1. The van der Waals surface area contributed by atoms with Gasteiger partial charge in [-0.3, -0.25) is 4.79 Å². The fraction of sp³-hybridized carbons (Fsp3) is 0.250. The molecular formula is C12H11FN2O3. The number of carbonyl (C=O) groups excluding carboxylic acids is 1. The first-order chi connectivity index (χ1) is 8.58. The van der Waals surface area contributed by atoms with Crippen LogP contribution in [0.3, 0.4) is 0 Å². The fourth-order valence-corrected chi connectivity index (χ4v) is 1.43. The molecule has 0 saturated heterocycles. The molecular weight excluding hydrogens is 239 g/mol. The predicted octanol–water partition coefficient (Wildman–Crippen LogP) is 2.30. The van der Waals surface area contributed by atoms with E-state index in [9.17, 15) is 9.18 Å². The molecule has 0 unspecified atom stereocenters. The Balaban J connectivity index is 2.19. The van der Waals surface area contributed by atoms with Gasteiger partial charge < -0.3 is 4.74 Å². The van der Waals surface area contributed by atoms with Crippen molar-refractivity contribution >= 4 is 5.78 Å². The fourth-order valence-electron chi connectivity index (χ4n) is 1.43. The van der Waals surface area contributed by atoms with Crippen molar-refractivity contribution in [3.8, 4) is 5.75 Å². The van der Waals surface area contributed by atoms with Crippen LogP contribution in [0.25, 0.3) is 0 Å². The molecule has 0 radical (unpaired) electrons. The number of nitrogens with zero attached hydrogens (tertiary/aromatic N) is 2. The SMILES string of the molecule is CC(=O)c1cc(F)ccc1OCc1nonc1C. The number of benzene rings is 1. The van der Waals surface area contributed by atoms with Crippen molar-refractivity contribution in [3.05, 3.63) is 41.0 Å². The van der Waals surface area contributed by atoms with Gasteiger partial charge in [0.25, 0.3) is 0 Å². The summed E-state index contributed by atoms with van der Waals surface area (Å²) in [6, 6.07) is 3.79. The Labute approximate surface area is 103 Å². The first-order valence-corrected chi connectivity index (χ1v) is 5.29. The maximum Gasteiger partial charge on any atom is 0.163 e. The average molecular weight is 250 g/mol. The molecule has 6 heteroatoms. The zero-order valence-corrected chi connectivity index (χ0v) is 9.94. The van der Waals surface area contributed by atoms with Crippen molar-refractivity contribution in [2.24, 2.45) is 0 Å². The summed E-state index contributed by atoms with van der Waals surface area (Å²) in [5.74, 6) is -0.433. The minimum absolute atomic E-state index is 0.112. The van der Waals surface area contributed by atoms with Gasteiger partial charge in [-0.25, -0.2) is 9.02 Å². The van der Waals surface area contributed by atoms with Crippen LogP contribution in [0.2, 0.25) is 0 Å². The minimum Gasteiger partial charge on any atom is -0.486 e. The Morgan fingerprint density at radius 2 is 2.22 bits per heavy atom. The van der Waals surface area contributed by atoms with Gasteiger partial charge in [0.2, 0.25) is 0 Å². The van der Waals surface area contributed by atoms with E-state index in [0.29, 0.717) is 17.1 Å². The van der Waals surface area contributed by atoms with Crippen molar-refractivity contribution in [1.82, 2.24) is 10.3 Å². The zero-order valence-electron chi connectivity index (χ0n) is 9.94. The number of carbonyl (C=O) groups is 1. The summed E-state index contributed by atoms with van der Waals surface area (Å²) < 4.78 is 23.0. The molecule has 0 N–H and O–H groups in total. The molecule has 1 heterocycles. The number of aromatic nitrogens is 2. The first kappa shape index (κ1) is 12.2. The Morgan fingerprint density at radius 1 is 1.44 bits per heavy atom. The van der Waals surface area contributed by atoms with Crippen LogP contribution < -0.4 is 4.74 Å². The second-order valence-corrected chi connectivity index (χ2v) is 3.78. The Hall–Kier alpha value is -2.24. The molecule has 1 aromatic carbocycles. The molecule has 1 aromatic heterocycles. The van der Waals surface area contributed by atoms with Gasteiger partial charge in [0, 0.05) is 0 Å². The third-order valence-electron chi connectivity index (χ3n) is 2.43. The van der Waals surface area contributed by atoms with Crippen LogP contribution in [0.1, 0.15) is 28.7 Å². The van der Waals surface area contributed by atoms with Crippen molar-refractivity contribution in [2.45, 2.75) is 20.5 Å². The normalized spacial score (nSPS) is 10.4. The lowest BCUT2D eigenvalue weighted by Crippen LogP contribution is -2.03. The van der Waals surface area contributed by atoms with Gasteiger partial charge in [0.1, 0.15) is 29.6 Å². The van der Waals surface area contributed by atoms with Gasteiger partial charge in [-0.1, -0.05) is 10.3 Å². The van der Waals surface area contributed by atoms with E-state index >= 15 is 0 Å². The Kier molecular flexibility index (Phi) is 3.36. The molecule has 5 nitrogen and oxygen atoms in total. The molecule has 0 aliphatic heterocycles. The smallest absolute Gasteiger partial charge is 0.163 e. The number of ketones is 1. The van der Waals surface area contributed by atoms with Crippen LogP contribution in [0.5, 0.6) is 5.75 Å². The largest absolute Gasteiger partial charge is 0.486 e. The van der Waals surface area contributed by atoms with Gasteiger partial charge >= 0.3 is 0 Å². The van der Waals surface area contributed by atoms with Crippen LogP contribution in [0, 0.1) is 12.7 Å². The van der Waals surface area contributed by atoms with Crippen LogP contribution in [-0.2, 0) is 6.61 Å². The number of ether oxygens (including phenoxy) is 1. The van der Waals surface area contributed by atoms with E-state index in [1.54, 1.807) is 6.92 Å². The quantitative estimate of drug-likeness (QED) is 0.779. The Bertz CT molecular complexity index is 580. The average Bonchev–Trinajstić information content (AvgIpc) is 2.73. The summed E-state index contributed by atoms with van der Waals surface area (Å²) in [4.78, 5) is 11.4. The van der Waals surface area contributed by atoms with E-state index < -0.39 is 5.82 Å². The molecule has 0 aliphatic carbocycles. The van der Waals surface area contributed by atoms with E-state index in [4.69, 9.17) is 4.74 Å². The maximum absolute atomic E-state index is 13.0. The third kappa shape index (κ3) is 2.53. The highest BCUT2D eigenvalue weighted by molar-refractivity contribution is 5.96. The molecule has 2 rings (SSSR count). The molecule has 0 saturated carbocycles. The number of aryl methyl sites for hydroxylation is 1. The molecule has 0 atom stereocenters. The first-order valence-electron chi connectivity index (χ1n) is 5.29. The number of rotatable bonds is 4. The zero-order chi connectivity index (χ0) is 13.1. The highest BCUT2D eigenvalue weighted by Gasteiger charge is 2.12. The van der Waals surface area contributed by atoms with Gasteiger partial charge in [-0.2, -0.15) is 0 Å². The molecule has 0 spiro atoms. The number of Topliss-reactive ketones (excluding diaryl/α,β-unsaturated/α-hetero) is 1. The van der Waals surface area contributed by atoms with Crippen LogP contribution in [0.15, 0.2) is 22.8 Å². The molecule has 0 fully saturated rings. The van der Waals surface area contributed by atoms with Crippen molar-refractivity contribution in [2.75, 3.05) is 0 Å². The molecule has 18 heavy (non-hydrogen) atoms. The molecule has 0 aliphatic rings. The standard InChI is InChI=1S/C12H11FN2O3/c1-7-11(15-18-14-7)6-17-12-4-3-9(13)5-10(12)8(2)16/h3-5H,6H2,1-2H3. The predicted molar refractivity (Wildman–Crippen MR) is 59.8 cm³/mol. The van der Waals surface area contributed by atoms with E-state index in [0.717, 1.165) is 6.07 Å². The summed E-state index contributed by atoms with van der Waals surface area (Å²) in [5.41, 5.74) is 1.35. The van der Waals surface area contributed by atoms with Crippen molar-refractivity contribution in [3.63, 3.8) is 0 Å². The Morgan fingerprint density at radius 3 is 2.83 bits per heavy atom. The summed E-state index contributed by atoms with van der Waals surface area (Å²) in [5, 5.41) is 7.26. The summed E-state index contributed by atoms with van der Waals surface area (Å²) in [6.07, 6.45) is 0. The monoisotopic (exact) mass is 250 g/mol. The van der Waals surface area contributed by atoms with Gasteiger partial charge in [0.15, 0.2) is 5.78 Å². The van der Waals surface area contributed by atoms with Crippen LogP contribution in [-0.4, -0.2) is 16.1 Å². The van der Waals surface area contributed by atoms with E-state index in [1.165, 1.54) is 19.1 Å². The lowest BCUT2D eigenvalue weighted by Gasteiger charge is -2.08. The van der Waals surface area contributed by atoms with Crippen LogP contribution >= 0.6 is 0 Å². The van der Waals surface area contributed by atoms with Gasteiger partial charge in [0.05, 0.1) is 5.56 Å². The second-order valence-electron chi connectivity index (χ2n) is 3.78. The van der Waals surface area contributed by atoms with E-state index in [2.05, 4.69) is 14.9 Å². The van der Waals surface area contributed by atoms with Gasteiger partial charge in [-0.05, 0) is 32.0 Å². The summed E-state index contributed by atoms with van der Waals surface area (Å²) in [7, 11) is 0. The number of hydrogen-bond donors (Lipinski definition) is 0. The van der Waals surface area contributed by atoms with E-state index in [-0.39, 0.29) is 18.0 Å². The summed E-state index contributed by atoms with van der Waals surface area (Å²) >= 11 is 0. The van der Waals surface area contributed by atoms with Gasteiger partial charge in [-0.15, -0.1) is 0 Å². The summed E-state index contributed by atoms with van der Waals surface area (Å²) in [6.45, 7) is 3.19. The molecule has 0 amide bonds. The maximum atomic E-state index is 13.0. The molecule has 2 aromatic rings. The lowest BCUT2D eigenvalue weighted by molar-refractivity contribution is 0.101. The van der Waals surface area contributed by atoms with Crippen molar-refractivity contribution in [1.29, 1.82) is 0 Å². The molecule has 0 bridgehead atoms. The minimum atomic E-state index is -0.480. The lowest BCUT2D eigenvalue weighted by atomic mass is 10.1. The third-order valence-corrected chi connectivity index (χ3v) is 2.43. The van der Waals surface area contributed by atoms with E-state index in [1.807, 2.05) is 0 Å². The second kappa shape index (κ2) is 4.95. The van der Waals surface area contributed by atoms with Crippen LogP contribution in [0.4, 0.5) is 4.39 Å². The topological polar surface area (TPSA) is 65.2 Å². The number of hydrogen-bond acceptors (Lipinski definition) is 5. The highest BCUT2D eigenvalue weighted by Crippen LogP contribution is 2.21. The number of halogens is 1.